The van der Waals surface area contributed by atoms with Crippen molar-refractivity contribution in [1.29, 1.82) is 0 Å². The molecule has 1 saturated carbocycles. The number of nitrogens with zero attached hydrogens (tertiary/aromatic N) is 2. The molecule has 192 valence electrons. The maximum atomic E-state index is 5.95. The lowest BCUT2D eigenvalue weighted by atomic mass is 9.87. The van der Waals surface area contributed by atoms with Gasteiger partial charge in [-0.2, -0.15) is 0 Å². The summed E-state index contributed by atoms with van der Waals surface area (Å²) in [5.41, 5.74) is 7.62. The molecule has 0 aliphatic heterocycles. The fraction of sp³-hybridized carbons (Fsp3) is 0.485. The van der Waals surface area contributed by atoms with Gasteiger partial charge in [-0.15, -0.1) is 0 Å². The van der Waals surface area contributed by atoms with E-state index in [1.165, 1.54) is 66.3 Å². The molecule has 0 bridgehead atoms. The third-order valence-corrected chi connectivity index (χ3v) is 7.95. The largest absolute Gasteiger partial charge is 0.496 e. The molecule has 1 aromatic heterocycles. The van der Waals surface area contributed by atoms with Gasteiger partial charge in [0.1, 0.15) is 5.75 Å². The van der Waals surface area contributed by atoms with Gasteiger partial charge in [-0.1, -0.05) is 94.5 Å². The van der Waals surface area contributed by atoms with Crippen molar-refractivity contribution in [2.75, 3.05) is 20.2 Å². The predicted octanol–water partition coefficient (Wildman–Crippen LogP) is 7.90. The molecule has 0 amide bonds. The number of hydrogen-bond acceptors (Lipinski definition) is 3. The van der Waals surface area contributed by atoms with Crippen molar-refractivity contribution < 1.29 is 4.74 Å². The number of hydrogen-bond donors (Lipinski definition) is 0. The second kappa shape index (κ2) is 13.6. The van der Waals surface area contributed by atoms with E-state index in [1.807, 2.05) is 0 Å². The number of aryl methyl sites for hydroxylation is 2. The van der Waals surface area contributed by atoms with Gasteiger partial charge in [0.2, 0.25) is 0 Å². The standard InChI is InChI=1S/C33H44N2O/c1-4-28-17-12-18-29(5-2)33(28)31-23-32(36-3)30(24-34-31)25-35(21-19-26-13-8-6-9-14-26)22-20-27-15-10-7-11-16-27/h6,8-9,12-14,17-18,23-24,27H,4-5,7,10-11,15-16,19-22,25H2,1-3H3. The predicted molar refractivity (Wildman–Crippen MR) is 152 cm³/mol. The Morgan fingerprint density at radius 2 is 1.58 bits per heavy atom. The van der Waals surface area contributed by atoms with Gasteiger partial charge in [-0.25, -0.2) is 0 Å². The molecular formula is C33H44N2O. The van der Waals surface area contributed by atoms with Crippen LogP contribution in [0.3, 0.4) is 0 Å². The Labute approximate surface area is 218 Å². The van der Waals surface area contributed by atoms with E-state index in [2.05, 4.69) is 79.5 Å². The second-order valence-electron chi connectivity index (χ2n) is 10.3. The number of benzene rings is 2. The van der Waals surface area contributed by atoms with Crippen molar-refractivity contribution >= 4 is 0 Å². The normalized spacial score (nSPS) is 14.3. The van der Waals surface area contributed by atoms with E-state index in [1.54, 1.807) is 7.11 Å². The number of aromatic nitrogens is 1. The van der Waals surface area contributed by atoms with Gasteiger partial charge in [-0.3, -0.25) is 9.88 Å². The van der Waals surface area contributed by atoms with Crippen molar-refractivity contribution in [2.45, 2.75) is 78.2 Å². The first-order chi connectivity index (χ1) is 17.7. The van der Waals surface area contributed by atoms with E-state index in [-0.39, 0.29) is 0 Å². The molecule has 36 heavy (non-hydrogen) atoms. The lowest BCUT2D eigenvalue weighted by Crippen LogP contribution is -2.29. The zero-order chi connectivity index (χ0) is 25.2. The highest BCUT2D eigenvalue weighted by Crippen LogP contribution is 2.32. The fourth-order valence-electron chi connectivity index (χ4n) is 5.77. The summed E-state index contributed by atoms with van der Waals surface area (Å²) in [6.45, 7) is 7.52. The Hall–Kier alpha value is -2.65. The van der Waals surface area contributed by atoms with Crippen LogP contribution in [-0.4, -0.2) is 30.1 Å². The van der Waals surface area contributed by atoms with Crippen LogP contribution in [0.1, 0.15) is 74.6 Å². The first-order valence-corrected chi connectivity index (χ1v) is 14.1. The Balaban J connectivity index is 1.54. The van der Waals surface area contributed by atoms with Crippen molar-refractivity contribution in [2.24, 2.45) is 5.92 Å². The summed E-state index contributed by atoms with van der Waals surface area (Å²) in [4.78, 5) is 7.61. The minimum Gasteiger partial charge on any atom is -0.496 e. The molecule has 1 heterocycles. The fourth-order valence-corrected chi connectivity index (χ4v) is 5.77. The smallest absolute Gasteiger partial charge is 0.127 e. The van der Waals surface area contributed by atoms with E-state index in [9.17, 15) is 0 Å². The van der Waals surface area contributed by atoms with Gasteiger partial charge in [0, 0.05) is 36.5 Å². The molecule has 3 nitrogen and oxygen atoms in total. The Morgan fingerprint density at radius 3 is 2.25 bits per heavy atom. The highest BCUT2D eigenvalue weighted by atomic mass is 16.5. The first-order valence-electron chi connectivity index (χ1n) is 14.1. The van der Waals surface area contributed by atoms with Crippen LogP contribution in [0.5, 0.6) is 5.75 Å². The Morgan fingerprint density at radius 1 is 0.861 bits per heavy atom. The Kier molecular flexibility index (Phi) is 9.98. The first kappa shape index (κ1) is 26.4. The minimum absolute atomic E-state index is 0.881. The molecule has 0 spiro atoms. The van der Waals surface area contributed by atoms with E-state index >= 15 is 0 Å². The molecule has 1 aliphatic rings. The number of pyridine rings is 1. The van der Waals surface area contributed by atoms with Crippen LogP contribution in [0, 0.1) is 5.92 Å². The monoisotopic (exact) mass is 484 g/mol. The van der Waals surface area contributed by atoms with E-state index in [4.69, 9.17) is 9.72 Å². The molecule has 0 N–H and O–H groups in total. The van der Waals surface area contributed by atoms with Gasteiger partial charge < -0.3 is 4.74 Å². The maximum absolute atomic E-state index is 5.95. The van der Waals surface area contributed by atoms with Crippen LogP contribution in [0.4, 0.5) is 0 Å². The SMILES string of the molecule is CCc1cccc(CC)c1-c1cc(OC)c(CN(CCc2ccccc2)CCC2CCCCC2)cn1. The molecule has 0 radical (unpaired) electrons. The van der Waals surface area contributed by atoms with Crippen molar-refractivity contribution in [1.82, 2.24) is 9.88 Å². The van der Waals surface area contributed by atoms with Crippen LogP contribution >= 0.6 is 0 Å². The van der Waals surface area contributed by atoms with Crippen molar-refractivity contribution in [3.8, 4) is 17.0 Å². The molecule has 3 aromatic rings. The van der Waals surface area contributed by atoms with E-state index < -0.39 is 0 Å². The van der Waals surface area contributed by atoms with Crippen LogP contribution in [0.25, 0.3) is 11.3 Å². The lowest BCUT2D eigenvalue weighted by Gasteiger charge is -2.27. The average Bonchev–Trinajstić information content (AvgIpc) is 2.95. The van der Waals surface area contributed by atoms with Crippen LogP contribution in [0.15, 0.2) is 60.8 Å². The summed E-state index contributed by atoms with van der Waals surface area (Å²) in [5.74, 6) is 1.84. The zero-order valence-electron chi connectivity index (χ0n) is 22.6. The van der Waals surface area contributed by atoms with Gasteiger partial charge in [0.05, 0.1) is 12.8 Å². The van der Waals surface area contributed by atoms with Crippen molar-refractivity contribution in [3.63, 3.8) is 0 Å². The summed E-state index contributed by atoms with van der Waals surface area (Å²) < 4.78 is 5.95. The van der Waals surface area contributed by atoms with E-state index in [0.29, 0.717) is 0 Å². The second-order valence-corrected chi connectivity index (χ2v) is 10.3. The average molecular weight is 485 g/mol. The topological polar surface area (TPSA) is 25.4 Å². The third-order valence-electron chi connectivity index (χ3n) is 7.95. The number of ether oxygens (including phenoxy) is 1. The third kappa shape index (κ3) is 6.97. The molecular weight excluding hydrogens is 440 g/mol. The van der Waals surface area contributed by atoms with Gasteiger partial charge in [0.15, 0.2) is 0 Å². The molecule has 1 fully saturated rings. The van der Waals surface area contributed by atoms with Crippen LogP contribution in [0.2, 0.25) is 0 Å². The summed E-state index contributed by atoms with van der Waals surface area (Å²) >= 11 is 0. The summed E-state index contributed by atoms with van der Waals surface area (Å²) in [5, 5.41) is 0. The highest BCUT2D eigenvalue weighted by Gasteiger charge is 2.18. The highest BCUT2D eigenvalue weighted by molar-refractivity contribution is 5.69. The summed E-state index contributed by atoms with van der Waals surface area (Å²) in [6.07, 6.45) is 13.5. The molecule has 0 atom stereocenters. The molecule has 0 unspecified atom stereocenters. The Bertz CT molecular complexity index is 1050. The molecule has 0 saturated heterocycles. The molecule has 1 aliphatic carbocycles. The van der Waals surface area contributed by atoms with Crippen LogP contribution in [-0.2, 0) is 25.8 Å². The van der Waals surface area contributed by atoms with E-state index in [0.717, 1.165) is 56.3 Å². The number of methoxy groups -OCH3 is 1. The summed E-state index contributed by atoms with van der Waals surface area (Å²) in [6, 6.07) is 19.7. The molecule has 3 heteroatoms. The maximum Gasteiger partial charge on any atom is 0.127 e. The molecule has 4 rings (SSSR count). The summed E-state index contributed by atoms with van der Waals surface area (Å²) in [7, 11) is 1.80. The zero-order valence-corrected chi connectivity index (χ0v) is 22.6. The van der Waals surface area contributed by atoms with Crippen molar-refractivity contribution in [3.05, 3.63) is 83.0 Å². The minimum atomic E-state index is 0.881. The van der Waals surface area contributed by atoms with Gasteiger partial charge >= 0.3 is 0 Å². The quantitative estimate of drug-likeness (QED) is 0.261. The van der Waals surface area contributed by atoms with Gasteiger partial charge in [0.25, 0.3) is 0 Å². The lowest BCUT2D eigenvalue weighted by molar-refractivity contribution is 0.224. The van der Waals surface area contributed by atoms with Crippen LogP contribution < -0.4 is 4.74 Å². The number of rotatable bonds is 12. The molecule has 2 aromatic carbocycles. The van der Waals surface area contributed by atoms with Gasteiger partial charge in [-0.05, 0) is 54.8 Å².